The molecule has 0 radical (unpaired) electrons. The summed E-state index contributed by atoms with van der Waals surface area (Å²) < 4.78 is 30.1. The third-order valence-electron chi connectivity index (χ3n) is 4.37. The zero-order valence-electron chi connectivity index (χ0n) is 15.8. The molecule has 0 saturated heterocycles. The van der Waals surface area contributed by atoms with Crippen LogP contribution in [0.15, 0.2) is 52.2 Å². The Bertz CT molecular complexity index is 1210. The molecule has 0 saturated carbocycles. The van der Waals surface area contributed by atoms with Crippen molar-refractivity contribution < 1.29 is 17.9 Å². The molecule has 0 aliphatic heterocycles. The van der Waals surface area contributed by atoms with Gasteiger partial charge in [-0.15, -0.1) is 0 Å². The average molecular weight is 435 g/mol. The van der Waals surface area contributed by atoms with Crippen molar-refractivity contribution in [2.45, 2.75) is 24.8 Å². The van der Waals surface area contributed by atoms with Crippen LogP contribution in [0.2, 0.25) is 5.02 Å². The number of aryl methyl sites for hydroxylation is 1. The smallest absolute Gasteiger partial charge is 0.275 e. The fourth-order valence-electron chi connectivity index (χ4n) is 2.90. The minimum atomic E-state index is -3.67. The van der Waals surface area contributed by atoms with E-state index in [2.05, 4.69) is 10.2 Å². The van der Waals surface area contributed by atoms with E-state index in [1.54, 1.807) is 6.92 Å². The second kappa shape index (κ2) is 8.26. The highest BCUT2D eigenvalue weighted by Crippen LogP contribution is 2.36. The lowest BCUT2D eigenvalue weighted by Gasteiger charge is -2.15. The quantitative estimate of drug-likeness (QED) is 0.555. The maximum Gasteiger partial charge on any atom is 0.275 e. The van der Waals surface area contributed by atoms with E-state index in [9.17, 15) is 18.0 Å². The summed E-state index contributed by atoms with van der Waals surface area (Å²) >= 11 is 6.41. The van der Waals surface area contributed by atoms with Crippen LogP contribution in [0.3, 0.4) is 0 Å². The zero-order valence-corrected chi connectivity index (χ0v) is 17.4. The standard InChI is InChI=1S/C20H19ClN2O5S/c1-3-14-16(20(25)23-22-14)18(24)13-9-10-15(29(2,26)27)19(17(13)21)28-11-12-7-5-4-6-8-12/h4-10H,3,11H2,1-2H3,(H2,22,23,25). The van der Waals surface area contributed by atoms with Crippen molar-refractivity contribution in [2.24, 2.45) is 0 Å². The van der Waals surface area contributed by atoms with Gasteiger partial charge in [-0.05, 0) is 24.1 Å². The molecule has 1 aromatic heterocycles. The third kappa shape index (κ3) is 4.28. The lowest BCUT2D eigenvalue weighted by atomic mass is 10.0. The molecule has 0 bridgehead atoms. The molecule has 3 rings (SSSR count). The highest BCUT2D eigenvalue weighted by atomic mass is 35.5. The van der Waals surface area contributed by atoms with Gasteiger partial charge in [0, 0.05) is 17.5 Å². The highest BCUT2D eigenvalue weighted by Gasteiger charge is 2.26. The van der Waals surface area contributed by atoms with Gasteiger partial charge in [-0.2, -0.15) is 0 Å². The van der Waals surface area contributed by atoms with Crippen LogP contribution in [0, 0.1) is 0 Å². The van der Waals surface area contributed by atoms with Crippen molar-refractivity contribution >= 4 is 27.2 Å². The van der Waals surface area contributed by atoms with Gasteiger partial charge in [0.1, 0.15) is 17.1 Å². The van der Waals surface area contributed by atoms with E-state index in [1.165, 1.54) is 12.1 Å². The number of rotatable bonds is 7. The predicted molar refractivity (Wildman–Crippen MR) is 110 cm³/mol. The Morgan fingerprint density at radius 1 is 1.10 bits per heavy atom. The van der Waals surface area contributed by atoms with Crippen LogP contribution < -0.4 is 10.3 Å². The fourth-order valence-corrected chi connectivity index (χ4v) is 4.08. The molecule has 0 spiro atoms. The van der Waals surface area contributed by atoms with Crippen LogP contribution in [0.4, 0.5) is 0 Å². The zero-order chi connectivity index (χ0) is 21.2. The molecule has 7 nitrogen and oxygen atoms in total. The summed E-state index contributed by atoms with van der Waals surface area (Å²) in [6, 6.07) is 11.7. The van der Waals surface area contributed by atoms with E-state index in [0.29, 0.717) is 12.1 Å². The van der Waals surface area contributed by atoms with Gasteiger partial charge in [0.05, 0.1) is 5.02 Å². The first-order chi connectivity index (χ1) is 13.7. The van der Waals surface area contributed by atoms with Crippen LogP contribution in [0.1, 0.15) is 34.1 Å². The summed E-state index contributed by atoms with van der Waals surface area (Å²) in [5.41, 5.74) is 0.601. The molecule has 0 amide bonds. The first-order valence-corrected chi connectivity index (χ1v) is 11.0. The van der Waals surface area contributed by atoms with E-state index in [-0.39, 0.29) is 33.4 Å². The number of ether oxygens (including phenoxy) is 1. The number of nitrogens with one attached hydrogen (secondary N) is 2. The van der Waals surface area contributed by atoms with Crippen LogP contribution in [0.25, 0.3) is 0 Å². The number of ketones is 1. The minimum Gasteiger partial charge on any atom is -0.486 e. The van der Waals surface area contributed by atoms with Gasteiger partial charge in [-0.1, -0.05) is 48.9 Å². The molecule has 9 heteroatoms. The average Bonchev–Trinajstić information content (AvgIpc) is 3.07. The van der Waals surface area contributed by atoms with Gasteiger partial charge >= 0.3 is 0 Å². The maximum absolute atomic E-state index is 13.0. The Kier molecular flexibility index (Phi) is 5.95. The largest absolute Gasteiger partial charge is 0.486 e. The van der Waals surface area contributed by atoms with Crippen molar-refractivity contribution in [3.8, 4) is 5.75 Å². The molecular weight excluding hydrogens is 416 g/mol. The molecule has 29 heavy (non-hydrogen) atoms. The number of benzene rings is 2. The van der Waals surface area contributed by atoms with Crippen molar-refractivity contribution in [2.75, 3.05) is 6.26 Å². The van der Waals surface area contributed by atoms with E-state index >= 15 is 0 Å². The first kappa shape index (κ1) is 20.9. The van der Waals surface area contributed by atoms with Gasteiger partial charge in [0.2, 0.25) is 5.78 Å². The van der Waals surface area contributed by atoms with E-state index in [4.69, 9.17) is 16.3 Å². The van der Waals surface area contributed by atoms with E-state index in [1.807, 2.05) is 30.3 Å². The molecule has 2 N–H and O–H groups in total. The molecule has 0 atom stereocenters. The van der Waals surface area contributed by atoms with Crippen LogP contribution in [0.5, 0.6) is 5.75 Å². The summed E-state index contributed by atoms with van der Waals surface area (Å²) in [6.45, 7) is 1.85. The lowest BCUT2D eigenvalue weighted by Crippen LogP contribution is -2.16. The molecule has 0 fully saturated rings. The number of carbonyl (C=O) groups is 1. The molecule has 2 aromatic carbocycles. The number of aromatic nitrogens is 2. The van der Waals surface area contributed by atoms with Crippen LogP contribution in [-0.4, -0.2) is 30.7 Å². The van der Waals surface area contributed by atoms with Gasteiger partial charge in [-0.3, -0.25) is 14.7 Å². The molecule has 0 unspecified atom stereocenters. The number of halogens is 1. The third-order valence-corrected chi connectivity index (χ3v) is 5.86. The van der Waals surface area contributed by atoms with Crippen molar-refractivity contribution in [1.29, 1.82) is 0 Å². The Labute approximate surface area is 172 Å². The Morgan fingerprint density at radius 2 is 1.79 bits per heavy atom. The molecule has 0 aliphatic carbocycles. The number of carbonyl (C=O) groups excluding carboxylic acids is 1. The molecule has 0 aliphatic rings. The molecule has 3 aromatic rings. The highest BCUT2D eigenvalue weighted by molar-refractivity contribution is 7.90. The van der Waals surface area contributed by atoms with Gasteiger partial charge < -0.3 is 9.84 Å². The topological polar surface area (TPSA) is 109 Å². The maximum atomic E-state index is 13.0. The molecular formula is C20H19ClN2O5S. The number of hydrogen-bond acceptors (Lipinski definition) is 5. The fraction of sp³-hybridized carbons (Fsp3) is 0.200. The first-order valence-electron chi connectivity index (χ1n) is 8.77. The molecule has 1 heterocycles. The monoisotopic (exact) mass is 434 g/mol. The second-order valence-corrected chi connectivity index (χ2v) is 8.78. The SMILES string of the molecule is CCc1[nH][nH]c(=O)c1C(=O)c1ccc(S(C)(=O)=O)c(OCc2ccccc2)c1Cl. The van der Waals surface area contributed by atoms with Crippen LogP contribution >= 0.6 is 11.6 Å². The number of H-pyrrole nitrogens is 2. The Morgan fingerprint density at radius 3 is 2.41 bits per heavy atom. The van der Waals surface area contributed by atoms with Crippen molar-refractivity contribution in [1.82, 2.24) is 10.2 Å². The summed E-state index contributed by atoms with van der Waals surface area (Å²) in [7, 11) is -3.67. The van der Waals surface area contributed by atoms with Crippen molar-refractivity contribution in [3.05, 3.63) is 80.2 Å². The normalized spacial score (nSPS) is 11.4. The van der Waals surface area contributed by atoms with Gasteiger partial charge in [0.25, 0.3) is 5.56 Å². The number of sulfone groups is 1. The Hall–Kier alpha value is -2.84. The van der Waals surface area contributed by atoms with E-state index < -0.39 is 21.2 Å². The summed E-state index contributed by atoms with van der Waals surface area (Å²) in [5.74, 6) is -0.729. The second-order valence-electron chi connectivity index (χ2n) is 6.42. The summed E-state index contributed by atoms with van der Waals surface area (Å²) in [6.07, 6.45) is 1.46. The predicted octanol–water partition coefficient (Wildman–Crippen LogP) is 3.13. The Balaban J connectivity index is 2.09. The summed E-state index contributed by atoms with van der Waals surface area (Å²) in [5, 5.41) is 4.89. The molecule has 152 valence electrons. The van der Waals surface area contributed by atoms with Gasteiger partial charge in [-0.25, -0.2) is 8.42 Å². The van der Waals surface area contributed by atoms with Gasteiger partial charge in [0.15, 0.2) is 15.6 Å². The lowest BCUT2D eigenvalue weighted by molar-refractivity contribution is 0.103. The number of hydrogen-bond donors (Lipinski definition) is 2. The summed E-state index contributed by atoms with van der Waals surface area (Å²) in [4.78, 5) is 24.9. The van der Waals surface area contributed by atoms with E-state index in [0.717, 1.165) is 11.8 Å². The van der Waals surface area contributed by atoms with Crippen LogP contribution in [-0.2, 0) is 22.9 Å². The van der Waals surface area contributed by atoms with Crippen molar-refractivity contribution in [3.63, 3.8) is 0 Å². The number of aromatic amines is 2. The minimum absolute atomic E-state index is 0.0121.